The lowest BCUT2D eigenvalue weighted by Crippen LogP contribution is -2.37. The third-order valence-corrected chi connectivity index (χ3v) is 6.30. The van der Waals surface area contributed by atoms with Gasteiger partial charge in [0.1, 0.15) is 11.4 Å². The van der Waals surface area contributed by atoms with Gasteiger partial charge in [0, 0.05) is 18.7 Å². The van der Waals surface area contributed by atoms with Gasteiger partial charge in [0.25, 0.3) is 0 Å². The monoisotopic (exact) mass is 475 g/mol. The Morgan fingerprint density at radius 3 is 2.31 bits per heavy atom. The molecule has 0 saturated carbocycles. The molecule has 0 unspecified atom stereocenters. The van der Waals surface area contributed by atoms with Crippen molar-refractivity contribution >= 4 is 11.5 Å². The molecule has 0 aliphatic carbocycles. The number of nitrogens with zero attached hydrogens (tertiary/aromatic N) is 3. The number of aromatic nitrogens is 2. The number of ketones is 1. The zero-order valence-electron chi connectivity index (χ0n) is 21.8. The fourth-order valence-corrected chi connectivity index (χ4v) is 3.76. The van der Waals surface area contributed by atoms with Crippen LogP contribution in [0, 0.1) is 5.41 Å². The number of carbonyl (C=O) groups excluding carboxylic acids is 1. The molecule has 0 spiro atoms. The van der Waals surface area contributed by atoms with Crippen molar-refractivity contribution < 1.29 is 14.3 Å². The highest BCUT2D eigenvalue weighted by Gasteiger charge is 2.26. The van der Waals surface area contributed by atoms with Gasteiger partial charge in [0.2, 0.25) is 0 Å². The predicted molar refractivity (Wildman–Crippen MR) is 140 cm³/mol. The van der Waals surface area contributed by atoms with Crippen molar-refractivity contribution in [3.63, 3.8) is 0 Å². The SMILES string of the molecule is CC(=O)C(C)(C)OCc1cc(-c2cccc(OCC(C)(C)C)c2)n(-c2ccccc2N2CCC2)n1. The Kier molecular flexibility index (Phi) is 7.04. The number of benzene rings is 2. The van der Waals surface area contributed by atoms with Crippen LogP contribution in [0.4, 0.5) is 5.69 Å². The average Bonchev–Trinajstić information content (AvgIpc) is 3.20. The first-order valence-corrected chi connectivity index (χ1v) is 12.3. The minimum atomic E-state index is -0.861. The molecule has 1 saturated heterocycles. The Morgan fingerprint density at radius 2 is 1.69 bits per heavy atom. The minimum absolute atomic E-state index is 0.0102. The van der Waals surface area contributed by atoms with Crippen LogP contribution >= 0.6 is 0 Å². The van der Waals surface area contributed by atoms with Crippen molar-refractivity contribution in [2.75, 3.05) is 24.6 Å². The van der Waals surface area contributed by atoms with Crippen molar-refractivity contribution in [2.45, 2.75) is 60.2 Å². The fraction of sp³-hybridized carbons (Fsp3) is 0.448. The molecule has 2 heterocycles. The summed E-state index contributed by atoms with van der Waals surface area (Å²) in [6.07, 6.45) is 1.20. The van der Waals surface area contributed by atoms with Crippen molar-refractivity contribution in [1.82, 2.24) is 9.78 Å². The van der Waals surface area contributed by atoms with E-state index in [-0.39, 0.29) is 17.8 Å². The van der Waals surface area contributed by atoms with Crippen LogP contribution in [0.25, 0.3) is 16.9 Å². The molecule has 186 valence electrons. The molecular weight excluding hydrogens is 438 g/mol. The highest BCUT2D eigenvalue weighted by atomic mass is 16.5. The Balaban J connectivity index is 1.73. The van der Waals surface area contributed by atoms with E-state index in [1.54, 1.807) is 20.8 Å². The Hall–Kier alpha value is -3.12. The minimum Gasteiger partial charge on any atom is -0.493 e. The second-order valence-corrected chi connectivity index (χ2v) is 11.0. The van der Waals surface area contributed by atoms with Gasteiger partial charge in [-0.1, -0.05) is 45.0 Å². The molecule has 1 aliphatic rings. The van der Waals surface area contributed by atoms with Crippen LogP contribution < -0.4 is 9.64 Å². The third-order valence-electron chi connectivity index (χ3n) is 6.30. The first-order valence-electron chi connectivity index (χ1n) is 12.3. The summed E-state index contributed by atoms with van der Waals surface area (Å²) in [5, 5.41) is 4.95. The van der Waals surface area contributed by atoms with Crippen molar-refractivity contribution in [1.29, 1.82) is 0 Å². The summed E-state index contributed by atoms with van der Waals surface area (Å²) in [6, 6.07) is 18.6. The normalized spacial score (nSPS) is 14.1. The third kappa shape index (κ3) is 5.93. The Morgan fingerprint density at radius 1 is 0.971 bits per heavy atom. The molecule has 0 radical (unpaired) electrons. The van der Waals surface area contributed by atoms with Crippen LogP contribution in [0.3, 0.4) is 0 Å². The standard InChI is InChI=1S/C29H37N3O3/c1-21(33)29(5,6)35-19-23-18-27(22-11-9-12-24(17-22)34-20-28(2,3)4)32(30-23)26-14-8-7-13-25(26)31-15-10-16-31/h7-9,11-14,17-18H,10,15-16,19-20H2,1-6H3. The molecule has 1 fully saturated rings. The molecule has 0 bridgehead atoms. The van der Waals surface area contributed by atoms with Gasteiger partial charge >= 0.3 is 0 Å². The van der Waals surface area contributed by atoms with E-state index in [9.17, 15) is 4.79 Å². The number of rotatable bonds is 9. The van der Waals surface area contributed by atoms with Crippen LogP contribution in [0.15, 0.2) is 54.6 Å². The molecular formula is C29H37N3O3. The number of hydrogen-bond acceptors (Lipinski definition) is 5. The Bertz CT molecular complexity index is 1190. The maximum absolute atomic E-state index is 12.0. The number of ether oxygens (including phenoxy) is 2. The van der Waals surface area contributed by atoms with Crippen LogP contribution in [-0.4, -0.2) is 40.9 Å². The fourth-order valence-electron chi connectivity index (χ4n) is 3.76. The van der Waals surface area contributed by atoms with Gasteiger partial charge in [-0.2, -0.15) is 5.10 Å². The molecule has 3 aromatic rings. The molecule has 1 aromatic heterocycles. The summed E-state index contributed by atoms with van der Waals surface area (Å²) in [6.45, 7) is 14.6. The first kappa shape index (κ1) is 25.0. The van der Waals surface area contributed by atoms with Crippen molar-refractivity contribution in [3.8, 4) is 22.7 Å². The number of Topliss-reactive ketones (excluding diaryl/α,β-unsaturated/α-hetero) is 1. The van der Waals surface area contributed by atoms with Crippen molar-refractivity contribution in [2.24, 2.45) is 5.41 Å². The molecule has 0 N–H and O–H groups in total. The number of carbonyl (C=O) groups is 1. The maximum atomic E-state index is 12.0. The quantitative estimate of drug-likeness (QED) is 0.377. The molecule has 4 rings (SSSR count). The second kappa shape index (κ2) is 9.86. The molecule has 1 aliphatic heterocycles. The molecule has 0 atom stereocenters. The van der Waals surface area contributed by atoms with Gasteiger partial charge in [0.05, 0.1) is 36.0 Å². The van der Waals surface area contributed by atoms with E-state index < -0.39 is 5.60 Å². The predicted octanol–water partition coefficient (Wildman–Crippen LogP) is 6.06. The summed E-state index contributed by atoms with van der Waals surface area (Å²) in [5.74, 6) is 0.820. The van der Waals surface area contributed by atoms with E-state index in [2.05, 4.69) is 56.0 Å². The van der Waals surface area contributed by atoms with Crippen LogP contribution in [0.2, 0.25) is 0 Å². The molecule has 35 heavy (non-hydrogen) atoms. The van der Waals surface area contributed by atoms with E-state index >= 15 is 0 Å². The highest BCUT2D eigenvalue weighted by Crippen LogP contribution is 2.33. The smallest absolute Gasteiger partial charge is 0.161 e. The Labute approximate surface area is 208 Å². The van der Waals surface area contributed by atoms with E-state index in [1.165, 1.54) is 12.1 Å². The van der Waals surface area contributed by atoms with Crippen LogP contribution in [0.5, 0.6) is 5.75 Å². The molecule has 6 nitrogen and oxygen atoms in total. The maximum Gasteiger partial charge on any atom is 0.161 e. The zero-order valence-corrected chi connectivity index (χ0v) is 21.8. The van der Waals surface area contributed by atoms with E-state index in [4.69, 9.17) is 14.6 Å². The number of hydrogen-bond donors (Lipinski definition) is 0. The van der Waals surface area contributed by atoms with Crippen LogP contribution in [0.1, 0.15) is 53.7 Å². The summed E-state index contributed by atoms with van der Waals surface area (Å²) in [5.41, 5.74) is 4.15. The van der Waals surface area contributed by atoms with Gasteiger partial charge in [0.15, 0.2) is 5.78 Å². The summed E-state index contributed by atoms with van der Waals surface area (Å²) >= 11 is 0. The topological polar surface area (TPSA) is 56.6 Å². The largest absolute Gasteiger partial charge is 0.493 e. The van der Waals surface area contributed by atoms with E-state index in [1.807, 2.05) is 28.9 Å². The van der Waals surface area contributed by atoms with Gasteiger partial charge in [-0.05, 0) is 62.9 Å². The molecule has 0 amide bonds. The van der Waals surface area contributed by atoms with Gasteiger partial charge in [-0.15, -0.1) is 0 Å². The second-order valence-electron chi connectivity index (χ2n) is 11.0. The zero-order chi connectivity index (χ0) is 25.2. The summed E-state index contributed by atoms with van der Waals surface area (Å²) in [4.78, 5) is 14.3. The molecule has 2 aromatic carbocycles. The summed E-state index contributed by atoms with van der Waals surface area (Å²) in [7, 11) is 0. The van der Waals surface area contributed by atoms with E-state index in [0.717, 1.165) is 41.5 Å². The van der Waals surface area contributed by atoms with Gasteiger partial charge in [-0.25, -0.2) is 4.68 Å². The summed E-state index contributed by atoms with van der Waals surface area (Å²) < 4.78 is 14.1. The number of para-hydroxylation sites is 2. The average molecular weight is 476 g/mol. The lowest BCUT2D eigenvalue weighted by molar-refractivity contribution is -0.139. The van der Waals surface area contributed by atoms with Gasteiger partial charge in [-0.3, -0.25) is 4.79 Å². The lowest BCUT2D eigenvalue weighted by Gasteiger charge is -2.34. The van der Waals surface area contributed by atoms with Crippen LogP contribution in [-0.2, 0) is 16.1 Å². The van der Waals surface area contributed by atoms with Crippen molar-refractivity contribution in [3.05, 3.63) is 60.3 Å². The van der Waals surface area contributed by atoms with Gasteiger partial charge < -0.3 is 14.4 Å². The molecule has 6 heteroatoms. The highest BCUT2D eigenvalue weighted by molar-refractivity contribution is 5.84. The van der Waals surface area contributed by atoms with E-state index in [0.29, 0.717) is 6.61 Å². The lowest BCUT2D eigenvalue weighted by atomic mass is 9.99. The first-order chi connectivity index (χ1) is 16.5. The number of anilines is 1.